The zero-order chi connectivity index (χ0) is 14.6. The van der Waals surface area contributed by atoms with E-state index in [1.807, 2.05) is 0 Å². The van der Waals surface area contributed by atoms with E-state index in [9.17, 15) is 9.90 Å². The molecule has 102 valence electrons. The molecule has 5 heteroatoms. The highest BCUT2D eigenvalue weighted by Crippen LogP contribution is 2.35. The van der Waals surface area contributed by atoms with Crippen molar-refractivity contribution in [1.29, 1.82) is 0 Å². The molecule has 0 fully saturated rings. The number of benzene rings is 1. The molecule has 0 saturated heterocycles. The van der Waals surface area contributed by atoms with Crippen molar-refractivity contribution in [3.05, 3.63) is 17.7 Å². The molecule has 0 heterocycles. The second-order valence-corrected chi connectivity index (χ2v) is 4.85. The minimum absolute atomic E-state index is 0.140. The summed E-state index contributed by atoms with van der Waals surface area (Å²) in [5, 5.41) is 12.3. The molecule has 0 unspecified atom stereocenters. The summed E-state index contributed by atoms with van der Waals surface area (Å²) >= 11 is 0. The summed E-state index contributed by atoms with van der Waals surface area (Å²) in [6.45, 7) is 5.22. The number of carbonyl (C=O) groups is 1. The SMILES string of the molecule is C#Cc1cc(NC(=O)OC(C)(C)C)c(O)c(OC)c1. The second-order valence-electron chi connectivity index (χ2n) is 4.85. The highest BCUT2D eigenvalue weighted by molar-refractivity contribution is 5.88. The van der Waals surface area contributed by atoms with Gasteiger partial charge in [0.25, 0.3) is 0 Å². The van der Waals surface area contributed by atoms with Gasteiger partial charge in [-0.3, -0.25) is 5.32 Å². The Labute approximate surface area is 112 Å². The van der Waals surface area contributed by atoms with E-state index in [-0.39, 0.29) is 17.2 Å². The van der Waals surface area contributed by atoms with E-state index < -0.39 is 11.7 Å². The van der Waals surface area contributed by atoms with Crippen LogP contribution in [-0.2, 0) is 4.74 Å². The van der Waals surface area contributed by atoms with Gasteiger partial charge in [0.2, 0.25) is 0 Å². The lowest BCUT2D eigenvalue weighted by molar-refractivity contribution is 0.0635. The number of phenols is 1. The fourth-order valence-electron chi connectivity index (χ4n) is 1.36. The van der Waals surface area contributed by atoms with Crippen molar-refractivity contribution in [3.8, 4) is 23.8 Å². The lowest BCUT2D eigenvalue weighted by atomic mass is 10.1. The number of hydrogen-bond acceptors (Lipinski definition) is 4. The molecule has 0 radical (unpaired) electrons. The molecule has 0 bridgehead atoms. The smallest absolute Gasteiger partial charge is 0.412 e. The first-order valence-corrected chi connectivity index (χ1v) is 5.64. The van der Waals surface area contributed by atoms with Crippen LogP contribution in [0.1, 0.15) is 26.3 Å². The number of rotatable bonds is 2. The third-order valence-corrected chi connectivity index (χ3v) is 2.10. The molecule has 1 amide bonds. The third kappa shape index (κ3) is 4.11. The van der Waals surface area contributed by atoms with Gasteiger partial charge in [-0.05, 0) is 32.9 Å². The zero-order valence-electron chi connectivity index (χ0n) is 11.4. The first-order chi connectivity index (χ1) is 8.76. The predicted octanol–water partition coefficient (Wildman–Crippen LogP) is 2.73. The first kappa shape index (κ1) is 14.7. The molecule has 1 rings (SSSR count). The van der Waals surface area contributed by atoms with Crippen LogP contribution in [0.15, 0.2) is 12.1 Å². The fourth-order valence-corrected chi connectivity index (χ4v) is 1.36. The Kier molecular flexibility index (Phi) is 4.28. The number of methoxy groups -OCH3 is 1. The van der Waals surface area contributed by atoms with E-state index in [0.717, 1.165) is 0 Å². The molecular formula is C14H17NO4. The maximum absolute atomic E-state index is 11.6. The average Bonchev–Trinajstić information content (AvgIpc) is 2.29. The Balaban J connectivity index is 3.01. The van der Waals surface area contributed by atoms with Crippen molar-refractivity contribution in [2.24, 2.45) is 0 Å². The van der Waals surface area contributed by atoms with Crippen LogP contribution in [0.2, 0.25) is 0 Å². The number of anilines is 1. The molecule has 0 aliphatic heterocycles. The van der Waals surface area contributed by atoms with Crippen molar-refractivity contribution in [1.82, 2.24) is 0 Å². The molecule has 19 heavy (non-hydrogen) atoms. The van der Waals surface area contributed by atoms with Gasteiger partial charge in [0.1, 0.15) is 5.60 Å². The minimum Gasteiger partial charge on any atom is -0.503 e. The minimum atomic E-state index is -0.681. The normalized spacial score (nSPS) is 10.5. The van der Waals surface area contributed by atoms with Gasteiger partial charge in [0, 0.05) is 5.56 Å². The van der Waals surface area contributed by atoms with Crippen LogP contribution in [0.25, 0.3) is 0 Å². The van der Waals surface area contributed by atoms with Gasteiger partial charge in [-0.2, -0.15) is 0 Å². The maximum Gasteiger partial charge on any atom is 0.412 e. The largest absolute Gasteiger partial charge is 0.503 e. The quantitative estimate of drug-likeness (QED) is 0.636. The van der Waals surface area contributed by atoms with Gasteiger partial charge in [-0.25, -0.2) is 4.79 Å². The number of hydrogen-bond donors (Lipinski definition) is 2. The van der Waals surface area contributed by atoms with Crippen molar-refractivity contribution < 1.29 is 19.4 Å². The Hall–Kier alpha value is -2.35. The van der Waals surface area contributed by atoms with Crippen LogP contribution in [0, 0.1) is 12.3 Å². The average molecular weight is 263 g/mol. The molecule has 0 aliphatic rings. The maximum atomic E-state index is 11.6. The monoisotopic (exact) mass is 263 g/mol. The van der Waals surface area contributed by atoms with Crippen LogP contribution in [0.3, 0.4) is 0 Å². The number of aromatic hydroxyl groups is 1. The Morgan fingerprint density at radius 2 is 2.05 bits per heavy atom. The van der Waals surface area contributed by atoms with Gasteiger partial charge >= 0.3 is 6.09 Å². The molecule has 2 N–H and O–H groups in total. The molecule has 0 atom stereocenters. The Bertz CT molecular complexity index is 523. The van der Waals surface area contributed by atoms with Crippen LogP contribution < -0.4 is 10.1 Å². The summed E-state index contributed by atoms with van der Waals surface area (Å²) in [5.74, 6) is 2.39. The molecule has 1 aromatic rings. The van der Waals surface area contributed by atoms with Gasteiger partial charge < -0.3 is 14.6 Å². The van der Waals surface area contributed by atoms with Crippen molar-refractivity contribution >= 4 is 11.8 Å². The van der Waals surface area contributed by atoms with Gasteiger partial charge in [0.05, 0.1) is 12.8 Å². The van der Waals surface area contributed by atoms with Crippen LogP contribution in [0.4, 0.5) is 10.5 Å². The summed E-state index contributed by atoms with van der Waals surface area (Å²) in [6, 6.07) is 2.96. The van der Waals surface area contributed by atoms with Gasteiger partial charge in [0.15, 0.2) is 11.5 Å². The van der Waals surface area contributed by atoms with E-state index >= 15 is 0 Å². The number of phenolic OH excluding ortho intramolecular Hbond substituents is 1. The van der Waals surface area contributed by atoms with E-state index in [4.69, 9.17) is 15.9 Å². The fraction of sp³-hybridized carbons (Fsp3) is 0.357. The summed E-state index contributed by atoms with van der Waals surface area (Å²) in [4.78, 5) is 11.6. The van der Waals surface area contributed by atoms with E-state index in [2.05, 4.69) is 11.2 Å². The molecule has 0 saturated carbocycles. The zero-order valence-corrected chi connectivity index (χ0v) is 11.4. The molecule has 5 nitrogen and oxygen atoms in total. The summed E-state index contributed by atoms with van der Waals surface area (Å²) in [7, 11) is 1.40. The van der Waals surface area contributed by atoms with E-state index in [1.54, 1.807) is 20.8 Å². The standard InChI is InChI=1S/C14H17NO4/c1-6-9-7-10(12(16)11(8-9)18-5)15-13(17)19-14(2,3)4/h1,7-8,16H,2-5H3,(H,15,17). The first-order valence-electron chi connectivity index (χ1n) is 5.64. The molecular weight excluding hydrogens is 246 g/mol. The van der Waals surface area contributed by atoms with Crippen molar-refractivity contribution in [2.75, 3.05) is 12.4 Å². The van der Waals surface area contributed by atoms with Crippen LogP contribution in [0.5, 0.6) is 11.5 Å². The molecule has 1 aromatic carbocycles. The topological polar surface area (TPSA) is 67.8 Å². The summed E-state index contributed by atoms with van der Waals surface area (Å²) in [5.41, 5.74) is -0.0182. The second kappa shape index (κ2) is 5.53. The third-order valence-electron chi connectivity index (χ3n) is 2.10. The summed E-state index contributed by atoms with van der Waals surface area (Å²) in [6.07, 6.45) is 4.61. The number of carbonyl (C=O) groups excluding carboxylic acids is 1. The van der Waals surface area contributed by atoms with Crippen molar-refractivity contribution in [2.45, 2.75) is 26.4 Å². The lowest BCUT2D eigenvalue weighted by Gasteiger charge is -2.20. The van der Waals surface area contributed by atoms with Crippen LogP contribution >= 0.6 is 0 Å². The highest BCUT2D eigenvalue weighted by Gasteiger charge is 2.18. The van der Waals surface area contributed by atoms with E-state index in [1.165, 1.54) is 19.2 Å². The number of amides is 1. The lowest BCUT2D eigenvalue weighted by Crippen LogP contribution is -2.27. The molecule has 0 aromatic heterocycles. The van der Waals surface area contributed by atoms with Gasteiger partial charge in [-0.15, -0.1) is 6.42 Å². The van der Waals surface area contributed by atoms with Crippen molar-refractivity contribution in [3.63, 3.8) is 0 Å². The highest BCUT2D eigenvalue weighted by atomic mass is 16.6. The van der Waals surface area contributed by atoms with Crippen LogP contribution in [-0.4, -0.2) is 23.9 Å². The number of nitrogens with one attached hydrogen (secondary N) is 1. The predicted molar refractivity (Wildman–Crippen MR) is 72.5 cm³/mol. The summed E-state index contributed by atoms with van der Waals surface area (Å²) < 4.78 is 10.1. The van der Waals surface area contributed by atoms with E-state index in [0.29, 0.717) is 5.56 Å². The molecule has 0 aliphatic carbocycles. The Morgan fingerprint density at radius 3 is 2.53 bits per heavy atom. The molecule has 0 spiro atoms. The van der Waals surface area contributed by atoms with Gasteiger partial charge in [-0.1, -0.05) is 5.92 Å². The Morgan fingerprint density at radius 1 is 1.42 bits per heavy atom. The number of terminal acetylenes is 1. The number of ether oxygens (including phenoxy) is 2.